The van der Waals surface area contributed by atoms with E-state index in [1.807, 2.05) is 4.72 Å². The molecule has 1 unspecified atom stereocenters. The molecule has 8 nitrogen and oxygen atoms in total. The topological polar surface area (TPSA) is 103 Å². The Morgan fingerprint density at radius 2 is 1.95 bits per heavy atom. The number of anilines is 1. The van der Waals surface area contributed by atoms with Gasteiger partial charge in [-0.1, -0.05) is 30.3 Å². The monoisotopic (exact) mass is 590 g/mol. The van der Waals surface area contributed by atoms with Crippen LogP contribution in [0, 0.1) is 11.6 Å². The average Bonchev–Trinajstić information content (AvgIpc) is 3.26. The molecular formula is C25H21BrF2N4O4S. The molecule has 5 rings (SSSR count). The minimum absolute atomic E-state index is 0.110. The zero-order valence-corrected chi connectivity index (χ0v) is 21.7. The maximum Gasteiger partial charge on any atom is 0.237 e. The van der Waals surface area contributed by atoms with E-state index in [9.17, 15) is 17.6 Å². The van der Waals surface area contributed by atoms with Crippen molar-refractivity contribution in [3.63, 3.8) is 0 Å². The van der Waals surface area contributed by atoms with E-state index in [-0.39, 0.29) is 5.69 Å². The number of fused-ring (bicyclic) bond motifs is 1. The van der Waals surface area contributed by atoms with Gasteiger partial charge in [0, 0.05) is 17.3 Å². The number of rotatable bonds is 7. The highest BCUT2D eigenvalue weighted by atomic mass is 79.9. The zero-order valence-electron chi connectivity index (χ0n) is 19.3. The van der Waals surface area contributed by atoms with Crippen LogP contribution in [-0.2, 0) is 20.5 Å². The molecule has 192 valence electrons. The van der Waals surface area contributed by atoms with Crippen LogP contribution in [0.25, 0.3) is 11.0 Å². The third kappa shape index (κ3) is 5.27. The fourth-order valence-corrected chi connectivity index (χ4v) is 5.75. The number of ether oxygens (including phenoxy) is 1. The van der Waals surface area contributed by atoms with Crippen LogP contribution >= 0.6 is 15.9 Å². The lowest BCUT2D eigenvalue weighted by molar-refractivity contribution is -0.0371. The predicted octanol–water partition coefficient (Wildman–Crippen LogP) is 5.34. The van der Waals surface area contributed by atoms with Crippen molar-refractivity contribution in [2.45, 2.75) is 31.2 Å². The molecule has 1 N–H and O–H groups in total. The lowest BCUT2D eigenvalue weighted by Gasteiger charge is -2.22. The molecule has 3 heterocycles. The van der Waals surface area contributed by atoms with Crippen LogP contribution in [0.4, 0.5) is 14.5 Å². The smallest absolute Gasteiger partial charge is 0.237 e. The van der Waals surface area contributed by atoms with Crippen LogP contribution in [0.1, 0.15) is 47.1 Å². The first-order chi connectivity index (χ1) is 17.7. The van der Waals surface area contributed by atoms with Gasteiger partial charge in [0.1, 0.15) is 17.2 Å². The summed E-state index contributed by atoms with van der Waals surface area (Å²) in [4.78, 5) is 17.9. The summed E-state index contributed by atoms with van der Waals surface area (Å²) in [6, 6.07) is 11.6. The quantitative estimate of drug-likeness (QED) is 0.291. The molecule has 0 radical (unpaired) electrons. The van der Waals surface area contributed by atoms with E-state index in [1.54, 1.807) is 42.6 Å². The van der Waals surface area contributed by atoms with E-state index >= 15 is 4.39 Å². The van der Waals surface area contributed by atoms with Crippen molar-refractivity contribution >= 4 is 48.5 Å². The molecule has 1 aliphatic heterocycles. The Labute approximate surface area is 219 Å². The molecule has 4 aromatic rings. The summed E-state index contributed by atoms with van der Waals surface area (Å²) in [6.07, 6.45) is 3.59. The van der Waals surface area contributed by atoms with Crippen molar-refractivity contribution in [2.24, 2.45) is 0 Å². The van der Waals surface area contributed by atoms with E-state index in [1.165, 1.54) is 4.68 Å². The first kappa shape index (κ1) is 25.4. The van der Waals surface area contributed by atoms with Crippen LogP contribution < -0.4 is 4.72 Å². The van der Waals surface area contributed by atoms with Crippen molar-refractivity contribution < 1.29 is 26.7 Å². The highest BCUT2D eigenvalue weighted by molar-refractivity contribution is 9.10. The molecule has 0 saturated carbocycles. The zero-order chi connectivity index (χ0) is 26.2. The second-order valence-corrected chi connectivity index (χ2v) is 11.2. The maximum absolute atomic E-state index is 15.5. The van der Waals surface area contributed by atoms with Gasteiger partial charge < -0.3 is 4.74 Å². The summed E-state index contributed by atoms with van der Waals surface area (Å²) in [7, 11) is -4.18. The number of carbonyl (C=O) groups is 1. The van der Waals surface area contributed by atoms with Gasteiger partial charge in [0.05, 0.1) is 16.7 Å². The first-order valence-electron chi connectivity index (χ1n) is 11.5. The van der Waals surface area contributed by atoms with Gasteiger partial charge >= 0.3 is 0 Å². The number of hydrogen-bond donors (Lipinski definition) is 1. The molecule has 1 aliphatic rings. The Morgan fingerprint density at radius 1 is 1.16 bits per heavy atom. The van der Waals surface area contributed by atoms with Gasteiger partial charge in [-0.2, -0.15) is 5.10 Å². The fourth-order valence-electron chi connectivity index (χ4n) is 4.22. The number of hydrogen-bond acceptors (Lipinski definition) is 6. The number of sulfonamides is 1. The second-order valence-electron chi connectivity index (χ2n) is 8.60. The van der Waals surface area contributed by atoms with Crippen LogP contribution in [0.2, 0.25) is 0 Å². The molecule has 2 aromatic carbocycles. The Kier molecular flexibility index (Phi) is 7.06. The van der Waals surface area contributed by atoms with Crippen molar-refractivity contribution in [3.8, 4) is 0 Å². The molecule has 1 saturated heterocycles. The van der Waals surface area contributed by atoms with E-state index in [4.69, 9.17) is 4.74 Å². The van der Waals surface area contributed by atoms with Crippen molar-refractivity contribution in [3.05, 3.63) is 87.7 Å². The Balaban J connectivity index is 1.53. The summed E-state index contributed by atoms with van der Waals surface area (Å²) < 4.78 is 65.2. The lowest BCUT2D eigenvalue weighted by atomic mass is 10.0. The van der Waals surface area contributed by atoms with Gasteiger partial charge in [-0.25, -0.2) is 26.9 Å². The molecule has 37 heavy (non-hydrogen) atoms. The van der Waals surface area contributed by atoms with Crippen LogP contribution in [-0.4, -0.2) is 35.6 Å². The van der Waals surface area contributed by atoms with Crippen LogP contribution in [0.3, 0.4) is 0 Å². The van der Waals surface area contributed by atoms with Gasteiger partial charge in [-0.3, -0.25) is 9.52 Å². The SMILES string of the molecule is O=C(c1ccc(F)c(NS(=O)(=O)Cc2ccccc2)c1F)c1nn(C2CCCCO2)c2ncc(Br)cc12. The van der Waals surface area contributed by atoms with Crippen LogP contribution in [0.15, 0.2) is 59.2 Å². The number of ketones is 1. The molecule has 1 fully saturated rings. The van der Waals surface area contributed by atoms with Crippen molar-refractivity contribution in [1.29, 1.82) is 0 Å². The number of nitrogens with one attached hydrogen (secondary N) is 1. The predicted molar refractivity (Wildman–Crippen MR) is 137 cm³/mol. The highest BCUT2D eigenvalue weighted by Gasteiger charge is 2.29. The molecule has 0 spiro atoms. The lowest BCUT2D eigenvalue weighted by Crippen LogP contribution is -2.20. The summed E-state index contributed by atoms with van der Waals surface area (Å²) in [5, 5.41) is 4.76. The van der Waals surface area contributed by atoms with Gasteiger partial charge in [0.2, 0.25) is 15.8 Å². The molecule has 0 bridgehead atoms. The fraction of sp³-hybridized carbons (Fsp3) is 0.240. The van der Waals surface area contributed by atoms with Crippen molar-refractivity contribution in [1.82, 2.24) is 14.8 Å². The molecular weight excluding hydrogens is 570 g/mol. The number of benzene rings is 2. The summed E-state index contributed by atoms with van der Waals surface area (Å²) in [6.45, 7) is 0.533. The second kappa shape index (κ2) is 10.3. The first-order valence-corrected chi connectivity index (χ1v) is 13.9. The third-order valence-corrected chi connectivity index (χ3v) is 7.61. The molecule has 0 aliphatic carbocycles. The van der Waals surface area contributed by atoms with Gasteiger partial charge in [0.15, 0.2) is 17.7 Å². The molecule has 1 atom stereocenters. The molecule has 2 aromatic heterocycles. The largest absolute Gasteiger partial charge is 0.356 e. The van der Waals surface area contributed by atoms with Gasteiger partial charge in [0.25, 0.3) is 0 Å². The summed E-state index contributed by atoms with van der Waals surface area (Å²) in [5.41, 5.74) is -0.760. The highest BCUT2D eigenvalue weighted by Crippen LogP contribution is 2.31. The number of pyridine rings is 1. The molecule has 0 amide bonds. The normalized spacial score (nSPS) is 16.1. The number of nitrogens with zero attached hydrogens (tertiary/aromatic N) is 3. The molecule has 12 heteroatoms. The average molecular weight is 591 g/mol. The number of aromatic nitrogens is 3. The standard InChI is InChI=1S/C25H21BrF2N4O4S/c26-16-12-18-22(30-32(25(18)29-13-16)20-8-4-5-11-36-20)24(33)17-9-10-19(27)23(21(17)28)31-37(34,35)14-15-6-2-1-3-7-15/h1-3,6-7,9-10,12-13,20,31H,4-5,8,11,14H2. The van der Waals surface area contributed by atoms with E-state index in [2.05, 4.69) is 26.0 Å². The van der Waals surface area contributed by atoms with E-state index in [0.717, 1.165) is 25.0 Å². The Bertz CT molecular complexity index is 1590. The Morgan fingerprint density at radius 3 is 2.68 bits per heavy atom. The minimum Gasteiger partial charge on any atom is -0.356 e. The number of carbonyl (C=O) groups excluding carboxylic acids is 1. The summed E-state index contributed by atoms with van der Waals surface area (Å²) >= 11 is 3.33. The van der Waals surface area contributed by atoms with Gasteiger partial charge in [-0.15, -0.1) is 0 Å². The number of halogens is 3. The minimum atomic E-state index is -4.18. The van der Waals surface area contributed by atoms with Crippen LogP contribution in [0.5, 0.6) is 0 Å². The van der Waals surface area contributed by atoms with E-state index < -0.39 is 50.7 Å². The Hall–Kier alpha value is -3.22. The van der Waals surface area contributed by atoms with E-state index in [0.29, 0.717) is 34.1 Å². The van der Waals surface area contributed by atoms with Crippen molar-refractivity contribution in [2.75, 3.05) is 11.3 Å². The summed E-state index contributed by atoms with van der Waals surface area (Å²) in [5.74, 6) is -3.83. The third-order valence-electron chi connectivity index (χ3n) is 5.95. The maximum atomic E-state index is 15.5. The van der Waals surface area contributed by atoms with Gasteiger partial charge in [-0.05, 0) is 59.0 Å².